The average Bonchev–Trinajstić information content (AvgIpc) is 1.82. The van der Waals surface area contributed by atoms with Crippen LogP contribution in [0.2, 0.25) is 0 Å². The maximum atomic E-state index is 4.97. The molecule has 1 atom stereocenters. The van der Waals surface area contributed by atoms with Gasteiger partial charge in [0.2, 0.25) is 0 Å². The number of ether oxygens (including phenoxy) is 1. The highest BCUT2D eigenvalue weighted by atomic mass is 32.1. The number of thiol groups is 1. The summed E-state index contributed by atoms with van der Waals surface area (Å²) in [5.41, 5.74) is 0. The largest absolute Gasteiger partial charge is 0.383 e. The summed E-state index contributed by atoms with van der Waals surface area (Å²) in [6.45, 7) is 0.760. The first-order valence-corrected chi connectivity index (χ1v) is 3.61. The molecule has 0 aromatic carbocycles. The SMILES string of the molecule is COCC(CS)N(C)C. The van der Waals surface area contributed by atoms with E-state index in [4.69, 9.17) is 4.74 Å². The van der Waals surface area contributed by atoms with Crippen molar-refractivity contribution in [2.45, 2.75) is 6.04 Å². The summed E-state index contributed by atoms with van der Waals surface area (Å²) >= 11 is 4.17. The number of rotatable bonds is 4. The van der Waals surface area contributed by atoms with Crippen molar-refractivity contribution < 1.29 is 4.74 Å². The molecule has 56 valence electrons. The van der Waals surface area contributed by atoms with Crippen molar-refractivity contribution in [3.63, 3.8) is 0 Å². The van der Waals surface area contributed by atoms with E-state index in [1.54, 1.807) is 7.11 Å². The summed E-state index contributed by atoms with van der Waals surface area (Å²) in [6, 6.07) is 0.443. The van der Waals surface area contributed by atoms with Crippen LogP contribution in [0.1, 0.15) is 0 Å². The fourth-order valence-electron chi connectivity index (χ4n) is 0.557. The van der Waals surface area contributed by atoms with Crippen molar-refractivity contribution >= 4 is 12.6 Å². The Bertz CT molecular complexity index is 68.1. The van der Waals surface area contributed by atoms with Gasteiger partial charge in [-0.1, -0.05) is 0 Å². The second-order valence-electron chi connectivity index (χ2n) is 2.26. The highest BCUT2D eigenvalue weighted by Gasteiger charge is 2.06. The fraction of sp³-hybridized carbons (Fsp3) is 1.00. The van der Waals surface area contributed by atoms with Gasteiger partial charge in [0.25, 0.3) is 0 Å². The van der Waals surface area contributed by atoms with Gasteiger partial charge in [-0.15, -0.1) is 0 Å². The standard InChI is InChI=1S/C6H15NOS/c1-7(2)6(5-9)4-8-3/h6,9H,4-5H2,1-3H3. The van der Waals surface area contributed by atoms with E-state index in [1.807, 2.05) is 14.1 Å². The number of hydrogen-bond acceptors (Lipinski definition) is 3. The topological polar surface area (TPSA) is 12.5 Å². The van der Waals surface area contributed by atoms with Gasteiger partial charge in [0.15, 0.2) is 0 Å². The van der Waals surface area contributed by atoms with Crippen molar-refractivity contribution in [1.29, 1.82) is 0 Å². The van der Waals surface area contributed by atoms with Gasteiger partial charge in [0, 0.05) is 18.9 Å². The maximum Gasteiger partial charge on any atom is 0.0625 e. The molecule has 0 bridgehead atoms. The number of methoxy groups -OCH3 is 1. The van der Waals surface area contributed by atoms with Gasteiger partial charge >= 0.3 is 0 Å². The van der Waals surface area contributed by atoms with Gasteiger partial charge in [-0.3, -0.25) is 0 Å². The molecule has 0 saturated carbocycles. The second kappa shape index (κ2) is 5.09. The first-order chi connectivity index (χ1) is 4.22. The average molecular weight is 149 g/mol. The molecule has 0 radical (unpaired) electrons. The molecular formula is C6H15NOS. The number of likely N-dealkylation sites (N-methyl/N-ethyl adjacent to an activating group) is 1. The third-order valence-corrected chi connectivity index (χ3v) is 1.72. The zero-order chi connectivity index (χ0) is 7.28. The predicted molar refractivity (Wildman–Crippen MR) is 43.2 cm³/mol. The second-order valence-corrected chi connectivity index (χ2v) is 2.62. The van der Waals surface area contributed by atoms with Crippen LogP contribution in [0.5, 0.6) is 0 Å². The van der Waals surface area contributed by atoms with E-state index in [0.29, 0.717) is 6.04 Å². The van der Waals surface area contributed by atoms with Gasteiger partial charge in [0.1, 0.15) is 0 Å². The minimum Gasteiger partial charge on any atom is -0.383 e. The minimum absolute atomic E-state index is 0.443. The Balaban J connectivity index is 3.41. The monoisotopic (exact) mass is 149 g/mol. The first-order valence-electron chi connectivity index (χ1n) is 2.98. The lowest BCUT2D eigenvalue weighted by Gasteiger charge is -2.20. The van der Waals surface area contributed by atoms with E-state index in [2.05, 4.69) is 17.5 Å². The summed E-state index contributed by atoms with van der Waals surface area (Å²) in [7, 11) is 5.76. The molecule has 0 aromatic rings. The molecule has 0 aliphatic heterocycles. The molecule has 0 saturated heterocycles. The van der Waals surface area contributed by atoms with Crippen LogP contribution in [0.25, 0.3) is 0 Å². The van der Waals surface area contributed by atoms with Crippen LogP contribution < -0.4 is 0 Å². The Labute approximate surface area is 62.6 Å². The highest BCUT2D eigenvalue weighted by molar-refractivity contribution is 7.80. The summed E-state index contributed by atoms with van der Waals surface area (Å²) in [5.74, 6) is 0.848. The molecule has 0 aromatic heterocycles. The maximum absolute atomic E-state index is 4.97. The molecule has 0 rings (SSSR count). The molecule has 0 fully saturated rings. The lowest BCUT2D eigenvalue weighted by atomic mass is 10.3. The van der Waals surface area contributed by atoms with E-state index in [-0.39, 0.29) is 0 Å². The molecule has 0 aliphatic carbocycles. The quantitative estimate of drug-likeness (QED) is 0.584. The molecule has 0 heterocycles. The van der Waals surface area contributed by atoms with Crippen LogP contribution >= 0.6 is 12.6 Å². The summed E-state index contributed by atoms with van der Waals surface area (Å²) in [6.07, 6.45) is 0. The molecule has 0 spiro atoms. The smallest absolute Gasteiger partial charge is 0.0625 e. The molecule has 3 heteroatoms. The summed E-state index contributed by atoms with van der Waals surface area (Å²) in [4.78, 5) is 2.11. The van der Waals surface area contributed by atoms with Crippen LogP contribution in [0, 0.1) is 0 Å². The summed E-state index contributed by atoms with van der Waals surface area (Å²) in [5, 5.41) is 0. The molecule has 9 heavy (non-hydrogen) atoms. The zero-order valence-electron chi connectivity index (χ0n) is 6.29. The van der Waals surface area contributed by atoms with E-state index in [0.717, 1.165) is 12.4 Å². The number of hydrogen-bond donors (Lipinski definition) is 1. The Morgan fingerprint density at radius 2 is 2.11 bits per heavy atom. The van der Waals surface area contributed by atoms with E-state index in [9.17, 15) is 0 Å². The Morgan fingerprint density at radius 3 is 2.22 bits per heavy atom. The molecular weight excluding hydrogens is 134 g/mol. The minimum atomic E-state index is 0.443. The van der Waals surface area contributed by atoms with E-state index < -0.39 is 0 Å². The zero-order valence-corrected chi connectivity index (χ0v) is 7.19. The lowest BCUT2D eigenvalue weighted by molar-refractivity contribution is 0.132. The first kappa shape index (κ1) is 9.27. The molecule has 0 amide bonds. The van der Waals surface area contributed by atoms with Gasteiger partial charge in [-0.05, 0) is 14.1 Å². The normalized spacial score (nSPS) is 14.3. The van der Waals surface area contributed by atoms with Crippen LogP contribution in [-0.2, 0) is 4.74 Å². The van der Waals surface area contributed by atoms with Crippen molar-refractivity contribution in [3.05, 3.63) is 0 Å². The number of nitrogens with zero attached hydrogens (tertiary/aromatic N) is 1. The highest BCUT2D eigenvalue weighted by Crippen LogP contribution is 1.95. The van der Waals surface area contributed by atoms with Crippen LogP contribution in [-0.4, -0.2) is 44.5 Å². The van der Waals surface area contributed by atoms with Crippen LogP contribution in [0.3, 0.4) is 0 Å². The van der Waals surface area contributed by atoms with Crippen molar-refractivity contribution in [1.82, 2.24) is 4.90 Å². The third kappa shape index (κ3) is 3.78. The third-order valence-electron chi connectivity index (χ3n) is 1.30. The van der Waals surface area contributed by atoms with Crippen LogP contribution in [0.4, 0.5) is 0 Å². The van der Waals surface area contributed by atoms with E-state index >= 15 is 0 Å². The van der Waals surface area contributed by atoms with Crippen molar-refractivity contribution in [3.8, 4) is 0 Å². The predicted octanol–water partition coefficient (Wildman–Crippen LogP) is 0.493. The van der Waals surface area contributed by atoms with Gasteiger partial charge in [-0.2, -0.15) is 12.6 Å². The fourth-order valence-corrected chi connectivity index (χ4v) is 0.989. The van der Waals surface area contributed by atoms with Crippen LogP contribution in [0.15, 0.2) is 0 Å². The Morgan fingerprint density at radius 1 is 1.56 bits per heavy atom. The Kier molecular flexibility index (Phi) is 5.24. The summed E-state index contributed by atoms with van der Waals surface area (Å²) < 4.78 is 4.97. The van der Waals surface area contributed by atoms with Crippen molar-refractivity contribution in [2.75, 3.05) is 33.6 Å². The van der Waals surface area contributed by atoms with Crippen molar-refractivity contribution in [2.24, 2.45) is 0 Å². The molecule has 1 unspecified atom stereocenters. The molecule has 0 N–H and O–H groups in total. The molecule has 0 aliphatic rings. The lowest BCUT2D eigenvalue weighted by Crippen LogP contribution is -2.33. The van der Waals surface area contributed by atoms with E-state index in [1.165, 1.54) is 0 Å². The van der Waals surface area contributed by atoms with Gasteiger partial charge < -0.3 is 9.64 Å². The van der Waals surface area contributed by atoms with Gasteiger partial charge in [-0.25, -0.2) is 0 Å². The molecule has 2 nitrogen and oxygen atoms in total. The Hall–Kier alpha value is 0.270. The van der Waals surface area contributed by atoms with Gasteiger partial charge in [0.05, 0.1) is 6.61 Å².